The number of amides is 2. The van der Waals surface area contributed by atoms with Crippen LogP contribution in [0.15, 0.2) is 47.8 Å². The van der Waals surface area contributed by atoms with E-state index in [2.05, 4.69) is 10.0 Å². The lowest BCUT2D eigenvalue weighted by molar-refractivity contribution is -0.135. The molecule has 1 fully saturated rings. The summed E-state index contributed by atoms with van der Waals surface area (Å²) in [6.45, 7) is 1.39. The molecule has 3 rings (SSSR count). The Morgan fingerprint density at radius 3 is 2.63 bits per heavy atom. The molecule has 30 heavy (non-hydrogen) atoms. The van der Waals surface area contributed by atoms with Crippen LogP contribution in [0.25, 0.3) is 0 Å². The summed E-state index contributed by atoms with van der Waals surface area (Å²) in [6.07, 6.45) is 3.20. The minimum absolute atomic E-state index is 0.0581. The number of carbonyl (C=O) groups excluding carboxylic acids is 2. The maximum atomic E-state index is 13.3. The summed E-state index contributed by atoms with van der Waals surface area (Å²) < 4.78 is 25.3. The molecule has 1 aliphatic heterocycles. The molecule has 2 heterocycles. The second kappa shape index (κ2) is 10.2. The zero-order valence-corrected chi connectivity index (χ0v) is 18.5. The van der Waals surface area contributed by atoms with Gasteiger partial charge in [0.2, 0.25) is 15.9 Å². The van der Waals surface area contributed by atoms with Gasteiger partial charge in [-0.1, -0.05) is 36.4 Å². The summed E-state index contributed by atoms with van der Waals surface area (Å²) in [5.74, 6) is -0.331. The Bertz CT molecular complexity index is 946. The number of likely N-dealkylation sites (tertiary alicyclic amines) is 1. The van der Waals surface area contributed by atoms with E-state index in [1.54, 1.807) is 17.0 Å². The molecular weight excluding hydrogens is 422 g/mol. The molecule has 0 saturated carbocycles. The van der Waals surface area contributed by atoms with E-state index in [1.807, 2.05) is 35.7 Å². The van der Waals surface area contributed by atoms with Crippen LogP contribution >= 0.6 is 11.3 Å². The summed E-state index contributed by atoms with van der Waals surface area (Å²) in [4.78, 5) is 28.3. The lowest BCUT2D eigenvalue weighted by Crippen LogP contribution is -2.53. The van der Waals surface area contributed by atoms with E-state index < -0.39 is 16.1 Å². The van der Waals surface area contributed by atoms with E-state index in [1.165, 1.54) is 11.3 Å². The van der Waals surface area contributed by atoms with Crippen molar-refractivity contribution < 1.29 is 18.0 Å². The Morgan fingerprint density at radius 1 is 1.20 bits per heavy atom. The molecule has 1 aromatic carbocycles. The van der Waals surface area contributed by atoms with Gasteiger partial charge < -0.3 is 10.2 Å². The average Bonchev–Trinajstić information content (AvgIpc) is 3.27. The SMILES string of the molecule is CS(=O)(=O)NCC1CCCN(C(=O)C(Cc2ccccc2)NC(=O)c2cccs2)C1. The van der Waals surface area contributed by atoms with Crippen LogP contribution < -0.4 is 10.0 Å². The normalized spacial score (nSPS) is 18.0. The number of thiophene rings is 1. The zero-order chi connectivity index (χ0) is 21.6. The van der Waals surface area contributed by atoms with Crippen molar-refractivity contribution in [2.24, 2.45) is 5.92 Å². The van der Waals surface area contributed by atoms with Gasteiger partial charge in [0.05, 0.1) is 11.1 Å². The van der Waals surface area contributed by atoms with E-state index in [-0.39, 0.29) is 17.7 Å². The molecule has 0 aliphatic carbocycles. The zero-order valence-electron chi connectivity index (χ0n) is 16.9. The van der Waals surface area contributed by atoms with Crippen LogP contribution in [0.2, 0.25) is 0 Å². The van der Waals surface area contributed by atoms with Gasteiger partial charge in [0.25, 0.3) is 5.91 Å². The van der Waals surface area contributed by atoms with Gasteiger partial charge in [-0.2, -0.15) is 0 Å². The molecular formula is C21H27N3O4S2. The highest BCUT2D eigenvalue weighted by Crippen LogP contribution is 2.18. The van der Waals surface area contributed by atoms with Crippen LogP contribution in [0.3, 0.4) is 0 Å². The van der Waals surface area contributed by atoms with Gasteiger partial charge in [-0.15, -0.1) is 11.3 Å². The number of nitrogens with zero attached hydrogens (tertiary/aromatic N) is 1. The Labute approximate surface area is 181 Å². The van der Waals surface area contributed by atoms with Gasteiger partial charge in [0, 0.05) is 26.1 Å². The van der Waals surface area contributed by atoms with Crippen molar-refractivity contribution in [1.82, 2.24) is 14.9 Å². The van der Waals surface area contributed by atoms with Crippen molar-refractivity contribution >= 4 is 33.2 Å². The van der Waals surface area contributed by atoms with E-state index in [4.69, 9.17) is 0 Å². The second-order valence-corrected chi connectivity index (χ2v) is 10.4. The quantitative estimate of drug-likeness (QED) is 0.643. The standard InChI is InChI=1S/C21H27N3O4S2/c1-30(27,28)22-14-17-9-5-11-24(15-17)21(26)18(13-16-7-3-2-4-8-16)23-20(25)19-10-6-12-29-19/h2-4,6-8,10,12,17-18,22H,5,9,11,13-15H2,1H3,(H,23,25). The summed E-state index contributed by atoms with van der Waals surface area (Å²) in [5.41, 5.74) is 0.967. The van der Waals surface area contributed by atoms with Gasteiger partial charge in [0.15, 0.2) is 0 Å². The first-order valence-corrected chi connectivity index (χ1v) is 12.7. The molecule has 1 aliphatic rings. The molecule has 7 nitrogen and oxygen atoms in total. The Morgan fingerprint density at radius 2 is 1.97 bits per heavy atom. The van der Waals surface area contributed by atoms with Gasteiger partial charge in [-0.3, -0.25) is 9.59 Å². The van der Waals surface area contributed by atoms with E-state index in [9.17, 15) is 18.0 Å². The number of hydrogen-bond donors (Lipinski definition) is 2. The summed E-state index contributed by atoms with van der Waals surface area (Å²) in [7, 11) is -3.27. The summed E-state index contributed by atoms with van der Waals surface area (Å²) in [6, 6.07) is 12.5. The number of carbonyl (C=O) groups is 2. The number of rotatable bonds is 8. The van der Waals surface area contributed by atoms with E-state index in [0.29, 0.717) is 30.9 Å². The lowest BCUT2D eigenvalue weighted by Gasteiger charge is -2.35. The molecule has 0 radical (unpaired) electrons. The predicted molar refractivity (Wildman–Crippen MR) is 118 cm³/mol. The number of benzene rings is 1. The van der Waals surface area contributed by atoms with Crippen molar-refractivity contribution in [3.05, 3.63) is 58.3 Å². The Hall–Kier alpha value is -2.23. The fourth-order valence-corrected chi connectivity index (χ4v) is 4.77. The van der Waals surface area contributed by atoms with Crippen LogP contribution in [0, 0.1) is 5.92 Å². The molecule has 2 unspecified atom stereocenters. The molecule has 2 N–H and O–H groups in total. The highest BCUT2D eigenvalue weighted by molar-refractivity contribution is 7.88. The third kappa shape index (κ3) is 6.65. The molecule has 162 valence electrons. The van der Waals surface area contributed by atoms with E-state index in [0.717, 1.165) is 24.7 Å². The maximum absolute atomic E-state index is 13.3. The van der Waals surface area contributed by atoms with Gasteiger partial charge in [0.1, 0.15) is 6.04 Å². The summed E-state index contributed by atoms with van der Waals surface area (Å²) in [5, 5.41) is 4.73. The number of nitrogens with one attached hydrogen (secondary N) is 2. The van der Waals surface area contributed by atoms with Crippen LogP contribution in [0.4, 0.5) is 0 Å². The van der Waals surface area contributed by atoms with Crippen molar-refractivity contribution in [2.45, 2.75) is 25.3 Å². The Kier molecular flexibility index (Phi) is 7.63. The number of piperidine rings is 1. The predicted octanol–water partition coefficient (Wildman–Crippen LogP) is 1.88. The largest absolute Gasteiger partial charge is 0.341 e. The number of sulfonamides is 1. The molecule has 1 saturated heterocycles. The molecule has 0 bridgehead atoms. The molecule has 2 atom stereocenters. The van der Waals surface area contributed by atoms with Crippen LogP contribution in [0.1, 0.15) is 28.1 Å². The van der Waals surface area contributed by atoms with Gasteiger partial charge in [-0.05, 0) is 35.8 Å². The molecule has 9 heteroatoms. The van der Waals surface area contributed by atoms with Crippen LogP contribution in [-0.4, -0.2) is 57.1 Å². The monoisotopic (exact) mass is 449 g/mol. The first-order valence-electron chi connectivity index (χ1n) is 9.93. The van der Waals surface area contributed by atoms with Crippen molar-refractivity contribution in [3.63, 3.8) is 0 Å². The smallest absolute Gasteiger partial charge is 0.262 e. The van der Waals surface area contributed by atoms with Crippen molar-refractivity contribution in [3.8, 4) is 0 Å². The second-order valence-electron chi connectivity index (χ2n) is 7.61. The van der Waals surface area contributed by atoms with E-state index >= 15 is 0 Å². The highest BCUT2D eigenvalue weighted by Gasteiger charge is 2.30. The van der Waals surface area contributed by atoms with Crippen molar-refractivity contribution in [2.75, 3.05) is 25.9 Å². The van der Waals surface area contributed by atoms with Crippen LogP contribution in [0.5, 0.6) is 0 Å². The molecule has 1 aromatic heterocycles. The minimum atomic E-state index is -3.27. The first kappa shape index (κ1) is 22.5. The fourth-order valence-electron chi connectivity index (χ4n) is 3.61. The van der Waals surface area contributed by atoms with Crippen molar-refractivity contribution in [1.29, 1.82) is 0 Å². The van der Waals surface area contributed by atoms with Crippen LogP contribution in [-0.2, 0) is 21.2 Å². The highest BCUT2D eigenvalue weighted by atomic mass is 32.2. The molecule has 2 aromatic rings. The molecule has 2 amide bonds. The molecule has 0 spiro atoms. The third-order valence-electron chi connectivity index (χ3n) is 5.10. The minimum Gasteiger partial charge on any atom is -0.341 e. The van der Waals surface area contributed by atoms with Gasteiger partial charge in [-0.25, -0.2) is 13.1 Å². The average molecular weight is 450 g/mol. The van der Waals surface area contributed by atoms with Gasteiger partial charge >= 0.3 is 0 Å². The number of hydrogen-bond acceptors (Lipinski definition) is 5. The Balaban J connectivity index is 1.71. The first-order chi connectivity index (χ1) is 14.3. The fraction of sp³-hybridized carbons (Fsp3) is 0.429. The topological polar surface area (TPSA) is 95.6 Å². The summed E-state index contributed by atoms with van der Waals surface area (Å²) >= 11 is 1.33. The lowest BCUT2D eigenvalue weighted by atomic mass is 9.96. The maximum Gasteiger partial charge on any atom is 0.262 e. The third-order valence-corrected chi connectivity index (χ3v) is 6.66.